The quantitative estimate of drug-likeness (QED) is 0.526. The van der Waals surface area contributed by atoms with Crippen LogP contribution in [0.1, 0.15) is 17.2 Å². The Labute approximate surface area is 143 Å². The van der Waals surface area contributed by atoms with E-state index in [1.807, 2.05) is 0 Å². The predicted octanol–water partition coefficient (Wildman–Crippen LogP) is 2.28. The standard InChI is InChI=1S/C18H15FN2O4/c1-21-15(10-5-7-20-8-6-10)14(17(23)18(21)24)16(22)11-3-4-13(25-2)12(19)9-11/h3-9,15,22H,1-2H3. The van der Waals surface area contributed by atoms with Crippen molar-refractivity contribution in [3.05, 3.63) is 65.2 Å². The van der Waals surface area contributed by atoms with Gasteiger partial charge in [0.2, 0.25) is 0 Å². The highest BCUT2D eigenvalue weighted by molar-refractivity contribution is 6.46. The molecule has 7 heteroatoms. The molecule has 1 atom stereocenters. The van der Waals surface area contributed by atoms with Gasteiger partial charge in [0.15, 0.2) is 11.6 Å². The third-order valence-corrected chi connectivity index (χ3v) is 4.12. The Morgan fingerprint density at radius 1 is 1.24 bits per heavy atom. The summed E-state index contributed by atoms with van der Waals surface area (Å²) in [6.45, 7) is 0. The number of hydrogen-bond acceptors (Lipinski definition) is 5. The summed E-state index contributed by atoms with van der Waals surface area (Å²) in [5.74, 6) is -2.67. The lowest BCUT2D eigenvalue weighted by atomic mass is 9.96. The molecule has 0 radical (unpaired) electrons. The molecule has 1 aromatic heterocycles. The third-order valence-electron chi connectivity index (χ3n) is 4.12. The monoisotopic (exact) mass is 342 g/mol. The van der Waals surface area contributed by atoms with Gasteiger partial charge >= 0.3 is 0 Å². The first-order valence-corrected chi connectivity index (χ1v) is 7.44. The molecule has 3 rings (SSSR count). The van der Waals surface area contributed by atoms with Crippen molar-refractivity contribution in [2.75, 3.05) is 14.2 Å². The van der Waals surface area contributed by atoms with Crippen LogP contribution in [0, 0.1) is 5.82 Å². The normalized spacial score (nSPS) is 19.3. The van der Waals surface area contributed by atoms with Gasteiger partial charge in [-0.3, -0.25) is 14.6 Å². The first kappa shape index (κ1) is 16.6. The summed E-state index contributed by atoms with van der Waals surface area (Å²) in [6.07, 6.45) is 3.05. The number of rotatable bonds is 3. The molecule has 0 bridgehead atoms. The predicted molar refractivity (Wildman–Crippen MR) is 87.3 cm³/mol. The molecule has 1 aliphatic heterocycles. The number of carbonyl (C=O) groups excluding carboxylic acids is 2. The first-order valence-electron chi connectivity index (χ1n) is 7.44. The van der Waals surface area contributed by atoms with E-state index in [0.717, 1.165) is 6.07 Å². The maximum Gasteiger partial charge on any atom is 0.295 e. The molecule has 2 aromatic rings. The summed E-state index contributed by atoms with van der Waals surface area (Å²) >= 11 is 0. The Hall–Kier alpha value is -3.22. The number of ketones is 1. The van der Waals surface area contributed by atoms with Gasteiger partial charge in [0.05, 0.1) is 18.7 Å². The number of nitrogens with zero attached hydrogens (tertiary/aromatic N) is 2. The number of aromatic nitrogens is 1. The molecule has 25 heavy (non-hydrogen) atoms. The highest BCUT2D eigenvalue weighted by Gasteiger charge is 2.44. The van der Waals surface area contributed by atoms with Crippen LogP contribution in [-0.4, -0.2) is 40.8 Å². The fraction of sp³-hybridized carbons (Fsp3) is 0.167. The number of benzene rings is 1. The first-order chi connectivity index (χ1) is 12.0. The zero-order chi connectivity index (χ0) is 18.1. The van der Waals surface area contributed by atoms with Crippen LogP contribution in [0.5, 0.6) is 5.75 Å². The van der Waals surface area contributed by atoms with Crippen LogP contribution in [0.25, 0.3) is 5.76 Å². The molecule has 1 saturated heterocycles. The number of aliphatic hydroxyl groups is 1. The summed E-state index contributed by atoms with van der Waals surface area (Å²) in [7, 11) is 2.80. The number of likely N-dealkylation sites (tertiary alicyclic amines) is 1. The highest BCUT2D eigenvalue weighted by Crippen LogP contribution is 2.38. The number of Topliss-reactive ketones (excluding diaryl/α,β-unsaturated/α-hetero) is 1. The second-order valence-corrected chi connectivity index (χ2v) is 5.54. The van der Waals surface area contributed by atoms with Gasteiger partial charge in [-0.25, -0.2) is 4.39 Å². The second-order valence-electron chi connectivity index (χ2n) is 5.54. The molecule has 2 heterocycles. The number of carbonyl (C=O) groups is 2. The lowest BCUT2D eigenvalue weighted by Gasteiger charge is -2.20. The number of amides is 1. The number of likely N-dealkylation sites (N-methyl/N-ethyl adjacent to an activating group) is 1. The average molecular weight is 342 g/mol. The van der Waals surface area contributed by atoms with E-state index in [0.29, 0.717) is 5.56 Å². The molecule has 0 spiro atoms. The Morgan fingerprint density at radius 2 is 1.92 bits per heavy atom. The van der Waals surface area contributed by atoms with Gasteiger partial charge < -0.3 is 14.7 Å². The summed E-state index contributed by atoms with van der Waals surface area (Å²) in [4.78, 5) is 29.7. The van der Waals surface area contributed by atoms with Gasteiger partial charge in [0, 0.05) is 25.0 Å². The zero-order valence-corrected chi connectivity index (χ0v) is 13.6. The summed E-state index contributed by atoms with van der Waals surface area (Å²) in [5, 5.41) is 10.6. The highest BCUT2D eigenvalue weighted by atomic mass is 19.1. The average Bonchev–Trinajstić information content (AvgIpc) is 2.86. The fourth-order valence-corrected chi connectivity index (χ4v) is 2.85. The number of pyridine rings is 1. The number of aliphatic hydroxyl groups excluding tert-OH is 1. The van der Waals surface area contributed by atoms with E-state index < -0.39 is 29.3 Å². The molecule has 128 valence electrons. The van der Waals surface area contributed by atoms with Gasteiger partial charge in [0.1, 0.15) is 5.76 Å². The number of halogens is 1. The van der Waals surface area contributed by atoms with E-state index >= 15 is 0 Å². The third kappa shape index (κ3) is 2.73. The van der Waals surface area contributed by atoms with Gasteiger partial charge in [-0.1, -0.05) is 0 Å². The lowest BCUT2D eigenvalue weighted by molar-refractivity contribution is -0.139. The minimum absolute atomic E-state index is 0.0122. The van der Waals surface area contributed by atoms with E-state index in [1.54, 1.807) is 12.1 Å². The van der Waals surface area contributed by atoms with Crippen molar-refractivity contribution < 1.29 is 23.8 Å². The van der Waals surface area contributed by atoms with Crippen LogP contribution in [0.2, 0.25) is 0 Å². The Bertz CT molecular complexity index is 880. The van der Waals surface area contributed by atoms with Gasteiger partial charge in [0.25, 0.3) is 11.7 Å². The van der Waals surface area contributed by atoms with Crippen molar-refractivity contribution in [1.29, 1.82) is 0 Å². The zero-order valence-electron chi connectivity index (χ0n) is 13.6. The van der Waals surface area contributed by atoms with E-state index in [2.05, 4.69) is 4.98 Å². The van der Waals surface area contributed by atoms with E-state index in [-0.39, 0.29) is 16.9 Å². The number of ether oxygens (including phenoxy) is 1. The van der Waals surface area contributed by atoms with E-state index in [9.17, 15) is 19.1 Å². The van der Waals surface area contributed by atoms with Crippen molar-refractivity contribution in [2.45, 2.75) is 6.04 Å². The van der Waals surface area contributed by atoms with Gasteiger partial charge in [-0.05, 0) is 35.9 Å². The van der Waals surface area contributed by atoms with Gasteiger partial charge in [-0.2, -0.15) is 0 Å². The van der Waals surface area contributed by atoms with Crippen molar-refractivity contribution in [2.24, 2.45) is 0 Å². The molecule has 1 fully saturated rings. The molecule has 0 aliphatic carbocycles. The van der Waals surface area contributed by atoms with Crippen molar-refractivity contribution in [1.82, 2.24) is 9.88 Å². The number of methoxy groups -OCH3 is 1. The molecule has 1 N–H and O–H groups in total. The number of hydrogen-bond donors (Lipinski definition) is 1. The van der Waals surface area contributed by atoms with E-state index in [1.165, 1.54) is 43.6 Å². The lowest BCUT2D eigenvalue weighted by Crippen LogP contribution is -2.24. The molecular weight excluding hydrogens is 327 g/mol. The Morgan fingerprint density at radius 3 is 2.52 bits per heavy atom. The van der Waals surface area contributed by atoms with Crippen molar-refractivity contribution in [3.8, 4) is 5.75 Å². The topological polar surface area (TPSA) is 79.7 Å². The smallest absolute Gasteiger partial charge is 0.295 e. The molecule has 1 unspecified atom stereocenters. The Balaban J connectivity index is 2.16. The summed E-state index contributed by atoms with van der Waals surface area (Å²) in [5.41, 5.74) is 0.610. The molecular formula is C18H15FN2O4. The summed E-state index contributed by atoms with van der Waals surface area (Å²) in [6, 6.07) is 6.34. The van der Waals surface area contributed by atoms with E-state index in [4.69, 9.17) is 4.74 Å². The molecule has 1 aliphatic rings. The minimum atomic E-state index is -0.821. The van der Waals surface area contributed by atoms with Crippen LogP contribution in [0.15, 0.2) is 48.3 Å². The maximum absolute atomic E-state index is 13.9. The van der Waals surface area contributed by atoms with Crippen LogP contribution >= 0.6 is 0 Å². The largest absolute Gasteiger partial charge is 0.507 e. The van der Waals surface area contributed by atoms with Crippen LogP contribution in [0.4, 0.5) is 4.39 Å². The molecule has 1 amide bonds. The van der Waals surface area contributed by atoms with Crippen LogP contribution < -0.4 is 4.74 Å². The van der Waals surface area contributed by atoms with Crippen LogP contribution in [0.3, 0.4) is 0 Å². The van der Waals surface area contributed by atoms with Crippen molar-refractivity contribution >= 4 is 17.4 Å². The van der Waals surface area contributed by atoms with Crippen LogP contribution in [-0.2, 0) is 9.59 Å². The Kier molecular flexibility index (Phi) is 4.22. The second kappa shape index (κ2) is 6.35. The van der Waals surface area contributed by atoms with Crippen molar-refractivity contribution in [3.63, 3.8) is 0 Å². The molecule has 0 saturated carbocycles. The SMILES string of the molecule is COc1ccc(C(O)=C2C(=O)C(=O)N(C)C2c2ccncc2)cc1F. The summed E-state index contributed by atoms with van der Waals surface area (Å²) < 4.78 is 18.8. The minimum Gasteiger partial charge on any atom is -0.507 e. The molecule has 1 aromatic carbocycles. The maximum atomic E-state index is 13.9. The molecule has 6 nitrogen and oxygen atoms in total. The fourth-order valence-electron chi connectivity index (χ4n) is 2.85. The van der Waals surface area contributed by atoms with Gasteiger partial charge in [-0.15, -0.1) is 0 Å².